The Labute approximate surface area is 175 Å². The van der Waals surface area contributed by atoms with Gasteiger partial charge in [0.2, 0.25) is 0 Å². The molecule has 0 aliphatic rings. The van der Waals surface area contributed by atoms with E-state index in [2.05, 4.69) is 25.6 Å². The first-order chi connectivity index (χ1) is 14.6. The van der Waals surface area contributed by atoms with Crippen molar-refractivity contribution in [3.05, 3.63) is 72.2 Å². The van der Waals surface area contributed by atoms with Gasteiger partial charge in [-0.3, -0.25) is 19.1 Å². The number of hydrogen-bond acceptors (Lipinski definition) is 5. The Balaban J connectivity index is 1.28. The average Bonchev–Trinajstić information content (AvgIpc) is 3.21. The molecule has 0 bridgehead atoms. The first-order valence-electron chi connectivity index (χ1n) is 10.1. The van der Waals surface area contributed by atoms with Crippen LogP contribution in [0.1, 0.15) is 52.2 Å². The number of aromatic nitrogens is 4. The SMILES string of the molecule is Cc1nccn1-c1ccc(C(=O)NCCCCCCNC(=O)c2cccnc2)cn1. The van der Waals surface area contributed by atoms with Crippen LogP contribution in [0.15, 0.2) is 55.2 Å². The molecular weight excluding hydrogens is 380 g/mol. The summed E-state index contributed by atoms with van der Waals surface area (Å²) in [4.78, 5) is 36.6. The second-order valence-electron chi connectivity index (χ2n) is 6.92. The highest BCUT2D eigenvalue weighted by molar-refractivity contribution is 5.94. The van der Waals surface area contributed by atoms with E-state index in [4.69, 9.17) is 0 Å². The summed E-state index contributed by atoms with van der Waals surface area (Å²) >= 11 is 0. The van der Waals surface area contributed by atoms with Gasteiger partial charge in [0.1, 0.15) is 11.6 Å². The van der Waals surface area contributed by atoms with Gasteiger partial charge in [0.15, 0.2) is 0 Å². The summed E-state index contributed by atoms with van der Waals surface area (Å²) in [6.07, 6.45) is 12.1. The molecule has 3 rings (SSSR count). The molecule has 0 aromatic carbocycles. The smallest absolute Gasteiger partial charge is 0.252 e. The summed E-state index contributed by atoms with van der Waals surface area (Å²) < 4.78 is 1.86. The lowest BCUT2D eigenvalue weighted by Crippen LogP contribution is -2.25. The van der Waals surface area contributed by atoms with Crippen LogP contribution in [0.25, 0.3) is 5.82 Å². The molecule has 3 aromatic heterocycles. The number of nitrogens with zero attached hydrogens (tertiary/aromatic N) is 4. The van der Waals surface area contributed by atoms with E-state index in [9.17, 15) is 9.59 Å². The van der Waals surface area contributed by atoms with Crippen LogP contribution >= 0.6 is 0 Å². The Bertz CT molecular complexity index is 953. The third-order valence-electron chi connectivity index (χ3n) is 4.68. The number of imidazole rings is 1. The Morgan fingerprint density at radius 3 is 2.10 bits per heavy atom. The van der Waals surface area contributed by atoms with Crippen molar-refractivity contribution in [1.82, 2.24) is 30.2 Å². The first-order valence-corrected chi connectivity index (χ1v) is 10.1. The maximum atomic E-state index is 12.2. The third-order valence-corrected chi connectivity index (χ3v) is 4.68. The van der Waals surface area contributed by atoms with Crippen molar-refractivity contribution >= 4 is 11.8 Å². The number of carbonyl (C=O) groups excluding carboxylic acids is 2. The molecule has 0 unspecified atom stereocenters. The Kier molecular flexibility index (Phi) is 7.65. The van der Waals surface area contributed by atoms with E-state index < -0.39 is 0 Å². The van der Waals surface area contributed by atoms with Gasteiger partial charge >= 0.3 is 0 Å². The minimum atomic E-state index is -0.125. The van der Waals surface area contributed by atoms with Gasteiger partial charge in [0, 0.05) is 44.1 Å². The average molecular weight is 406 g/mol. The predicted molar refractivity (Wildman–Crippen MR) is 113 cm³/mol. The van der Waals surface area contributed by atoms with Gasteiger partial charge in [-0.25, -0.2) is 9.97 Å². The Morgan fingerprint density at radius 2 is 1.57 bits per heavy atom. The lowest BCUT2D eigenvalue weighted by molar-refractivity contribution is 0.0943. The highest BCUT2D eigenvalue weighted by Crippen LogP contribution is 2.08. The second kappa shape index (κ2) is 10.8. The number of carbonyl (C=O) groups is 2. The van der Waals surface area contributed by atoms with E-state index in [1.54, 1.807) is 43.0 Å². The van der Waals surface area contributed by atoms with E-state index in [0.717, 1.165) is 37.3 Å². The topological polar surface area (TPSA) is 102 Å². The lowest BCUT2D eigenvalue weighted by atomic mass is 10.2. The van der Waals surface area contributed by atoms with E-state index in [1.165, 1.54) is 0 Å². The minimum absolute atomic E-state index is 0.0989. The maximum Gasteiger partial charge on any atom is 0.252 e. The van der Waals surface area contributed by atoms with Crippen LogP contribution in [-0.2, 0) is 0 Å². The molecule has 0 aliphatic carbocycles. The zero-order valence-electron chi connectivity index (χ0n) is 17.0. The Morgan fingerprint density at radius 1 is 0.867 bits per heavy atom. The molecule has 2 amide bonds. The number of unbranched alkanes of at least 4 members (excludes halogenated alkanes) is 3. The number of aryl methyl sites for hydroxylation is 1. The van der Waals surface area contributed by atoms with Crippen LogP contribution in [0.2, 0.25) is 0 Å². The molecule has 0 fully saturated rings. The monoisotopic (exact) mass is 406 g/mol. The van der Waals surface area contributed by atoms with Crippen molar-refractivity contribution < 1.29 is 9.59 Å². The summed E-state index contributed by atoms with van der Waals surface area (Å²) in [7, 11) is 0. The Hall–Kier alpha value is -3.55. The molecule has 0 atom stereocenters. The van der Waals surface area contributed by atoms with Gasteiger partial charge in [0.05, 0.1) is 11.1 Å². The number of rotatable bonds is 10. The van der Waals surface area contributed by atoms with Gasteiger partial charge in [0.25, 0.3) is 11.8 Å². The number of amides is 2. The summed E-state index contributed by atoms with van der Waals surface area (Å²) in [5, 5.41) is 5.81. The highest BCUT2D eigenvalue weighted by atomic mass is 16.2. The molecule has 0 saturated heterocycles. The van der Waals surface area contributed by atoms with Crippen molar-refractivity contribution in [2.24, 2.45) is 0 Å². The molecule has 0 saturated carbocycles. The van der Waals surface area contributed by atoms with Gasteiger partial charge in [-0.05, 0) is 44.0 Å². The second-order valence-corrected chi connectivity index (χ2v) is 6.92. The van der Waals surface area contributed by atoms with Gasteiger partial charge in [-0.15, -0.1) is 0 Å². The molecule has 2 N–H and O–H groups in total. The fraction of sp³-hybridized carbons (Fsp3) is 0.318. The molecule has 0 spiro atoms. The lowest BCUT2D eigenvalue weighted by Gasteiger charge is -2.07. The van der Waals surface area contributed by atoms with Crippen molar-refractivity contribution in [2.75, 3.05) is 13.1 Å². The number of nitrogens with one attached hydrogen (secondary N) is 2. The van der Waals surface area contributed by atoms with Gasteiger partial charge in [-0.2, -0.15) is 0 Å². The van der Waals surface area contributed by atoms with Crippen molar-refractivity contribution in [3.8, 4) is 5.82 Å². The molecule has 0 radical (unpaired) electrons. The molecule has 8 nitrogen and oxygen atoms in total. The molecule has 0 aliphatic heterocycles. The molecule has 3 heterocycles. The number of hydrogen-bond donors (Lipinski definition) is 2. The number of pyridine rings is 2. The standard InChI is InChI=1S/C22H26N6O2/c1-17-24-13-14-28(17)20-9-8-19(16-27-20)22(30)26-12-5-3-2-4-11-25-21(29)18-7-6-10-23-15-18/h6-10,13-16H,2-5,11-12H2,1H3,(H,25,29)(H,26,30). The summed E-state index contributed by atoms with van der Waals surface area (Å²) in [6.45, 7) is 3.15. The summed E-state index contributed by atoms with van der Waals surface area (Å²) in [5.74, 6) is 1.35. The van der Waals surface area contributed by atoms with E-state index in [0.29, 0.717) is 24.2 Å². The minimum Gasteiger partial charge on any atom is -0.352 e. The molecule has 8 heteroatoms. The van der Waals surface area contributed by atoms with Crippen molar-refractivity contribution in [2.45, 2.75) is 32.6 Å². The van der Waals surface area contributed by atoms with Gasteiger partial charge < -0.3 is 10.6 Å². The highest BCUT2D eigenvalue weighted by Gasteiger charge is 2.07. The van der Waals surface area contributed by atoms with Crippen LogP contribution in [0.5, 0.6) is 0 Å². The first kappa shape index (κ1) is 21.2. The maximum absolute atomic E-state index is 12.2. The normalized spacial score (nSPS) is 10.6. The fourth-order valence-electron chi connectivity index (χ4n) is 2.99. The van der Waals surface area contributed by atoms with Crippen LogP contribution in [0, 0.1) is 6.92 Å². The fourth-order valence-corrected chi connectivity index (χ4v) is 2.99. The summed E-state index contributed by atoms with van der Waals surface area (Å²) in [5.41, 5.74) is 1.11. The molecule has 30 heavy (non-hydrogen) atoms. The van der Waals surface area contributed by atoms with E-state index in [1.807, 2.05) is 23.8 Å². The van der Waals surface area contributed by atoms with Crippen LogP contribution in [0.3, 0.4) is 0 Å². The predicted octanol–water partition coefficient (Wildman–Crippen LogP) is 2.69. The quantitative estimate of drug-likeness (QED) is 0.504. The van der Waals surface area contributed by atoms with Gasteiger partial charge in [-0.1, -0.05) is 12.8 Å². The third kappa shape index (κ3) is 5.97. The van der Waals surface area contributed by atoms with E-state index >= 15 is 0 Å². The zero-order chi connectivity index (χ0) is 21.2. The van der Waals surface area contributed by atoms with Crippen molar-refractivity contribution in [1.29, 1.82) is 0 Å². The molecule has 3 aromatic rings. The molecule has 156 valence electrons. The molecular formula is C22H26N6O2. The van der Waals surface area contributed by atoms with Crippen LogP contribution in [0.4, 0.5) is 0 Å². The largest absolute Gasteiger partial charge is 0.352 e. The van der Waals surface area contributed by atoms with Crippen molar-refractivity contribution in [3.63, 3.8) is 0 Å². The zero-order valence-corrected chi connectivity index (χ0v) is 17.0. The van der Waals surface area contributed by atoms with E-state index in [-0.39, 0.29) is 11.8 Å². The van der Waals surface area contributed by atoms with Crippen LogP contribution in [-0.4, -0.2) is 44.4 Å². The van der Waals surface area contributed by atoms with Crippen LogP contribution < -0.4 is 10.6 Å². The summed E-state index contributed by atoms with van der Waals surface area (Å²) in [6, 6.07) is 7.06.